The van der Waals surface area contributed by atoms with Crippen LogP contribution in [0.2, 0.25) is 0 Å². The molecule has 1 N–H and O–H groups in total. The Morgan fingerprint density at radius 3 is 2.43 bits per heavy atom. The quantitative estimate of drug-likeness (QED) is 0.866. The highest BCUT2D eigenvalue weighted by molar-refractivity contribution is 5.98. The number of methoxy groups -OCH3 is 2. The van der Waals surface area contributed by atoms with Crippen LogP contribution in [0.4, 0.5) is 5.69 Å². The van der Waals surface area contributed by atoms with Crippen molar-refractivity contribution in [2.45, 2.75) is 32.6 Å². The maximum Gasteiger partial charge on any atom is 0.341 e. The summed E-state index contributed by atoms with van der Waals surface area (Å²) in [5, 5.41) is 2.89. The SMILES string of the molecule is COC(=O)c1cc(NC(=O)C2(C)CCCC2)ccc1OC. The minimum absolute atomic E-state index is 0.000910. The first-order valence-corrected chi connectivity index (χ1v) is 7.08. The molecule has 1 amide bonds. The first-order chi connectivity index (χ1) is 10.00. The molecule has 0 unspecified atom stereocenters. The topological polar surface area (TPSA) is 64.6 Å². The Kier molecular flexibility index (Phi) is 4.50. The third-order valence-corrected chi connectivity index (χ3v) is 4.12. The fourth-order valence-corrected chi connectivity index (χ4v) is 2.72. The van der Waals surface area contributed by atoms with Crippen LogP contribution in [0.3, 0.4) is 0 Å². The molecule has 0 radical (unpaired) electrons. The molecule has 1 aliphatic rings. The fraction of sp³-hybridized carbons (Fsp3) is 0.500. The number of nitrogens with one attached hydrogen (secondary N) is 1. The second-order valence-corrected chi connectivity index (χ2v) is 5.63. The van der Waals surface area contributed by atoms with E-state index in [1.165, 1.54) is 14.2 Å². The molecule has 0 aliphatic heterocycles. The van der Waals surface area contributed by atoms with Gasteiger partial charge in [-0.15, -0.1) is 0 Å². The molecule has 5 heteroatoms. The zero-order chi connectivity index (χ0) is 15.5. The Hall–Kier alpha value is -2.04. The van der Waals surface area contributed by atoms with Gasteiger partial charge in [-0.25, -0.2) is 4.79 Å². The molecule has 1 aliphatic carbocycles. The summed E-state index contributed by atoms with van der Waals surface area (Å²) in [6.45, 7) is 1.99. The van der Waals surface area contributed by atoms with Crippen molar-refractivity contribution in [3.63, 3.8) is 0 Å². The summed E-state index contributed by atoms with van der Waals surface area (Å²) in [6, 6.07) is 4.96. The largest absolute Gasteiger partial charge is 0.496 e. The van der Waals surface area contributed by atoms with Gasteiger partial charge in [-0.1, -0.05) is 19.8 Å². The summed E-state index contributed by atoms with van der Waals surface area (Å²) in [6.07, 6.45) is 3.97. The highest BCUT2D eigenvalue weighted by Gasteiger charge is 2.36. The van der Waals surface area contributed by atoms with Crippen molar-refractivity contribution in [3.8, 4) is 5.75 Å². The van der Waals surface area contributed by atoms with Crippen LogP contribution in [0.15, 0.2) is 18.2 Å². The van der Waals surface area contributed by atoms with Crippen LogP contribution < -0.4 is 10.1 Å². The molecule has 21 heavy (non-hydrogen) atoms. The molecule has 1 saturated carbocycles. The van der Waals surface area contributed by atoms with Crippen LogP contribution in [-0.4, -0.2) is 26.1 Å². The van der Waals surface area contributed by atoms with E-state index in [0.717, 1.165) is 25.7 Å². The number of rotatable bonds is 4. The molecule has 0 saturated heterocycles. The summed E-state index contributed by atoms with van der Waals surface area (Å²) < 4.78 is 9.86. The Morgan fingerprint density at radius 1 is 1.19 bits per heavy atom. The third-order valence-electron chi connectivity index (χ3n) is 4.12. The second-order valence-electron chi connectivity index (χ2n) is 5.63. The number of hydrogen-bond donors (Lipinski definition) is 1. The summed E-state index contributed by atoms with van der Waals surface area (Å²) in [5.74, 6) is -0.0667. The Bertz CT molecular complexity index is 547. The number of ether oxygens (including phenoxy) is 2. The van der Waals surface area contributed by atoms with Crippen LogP contribution in [0.1, 0.15) is 43.0 Å². The smallest absolute Gasteiger partial charge is 0.341 e. The predicted molar refractivity (Wildman–Crippen MR) is 79.5 cm³/mol. The van der Waals surface area contributed by atoms with Gasteiger partial charge in [-0.05, 0) is 31.0 Å². The van der Waals surface area contributed by atoms with Crippen LogP contribution >= 0.6 is 0 Å². The van der Waals surface area contributed by atoms with Crippen molar-refractivity contribution in [3.05, 3.63) is 23.8 Å². The van der Waals surface area contributed by atoms with Gasteiger partial charge in [-0.2, -0.15) is 0 Å². The van der Waals surface area contributed by atoms with E-state index in [2.05, 4.69) is 5.32 Å². The summed E-state index contributed by atoms with van der Waals surface area (Å²) >= 11 is 0. The highest BCUT2D eigenvalue weighted by Crippen LogP contribution is 2.38. The molecule has 1 fully saturated rings. The standard InChI is InChI=1S/C16H21NO4/c1-16(8-4-5-9-16)15(19)17-11-6-7-13(20-2)12(10-11)14(18)21-3/h6-7,10H,4-5,8-9H2,1-3H3,(H,17,19). The van der Waals surface area contributed by atoms with E-state index in [9.17, 15) is 9.59 Å². The number of anilines is 1. The third kappa shape index (κ3) is 3.17. The van der Waals surface area contributed by atoms with E-state index in [4.69, 9.17) is 9.47 Å². The molecule has 1 aromatic carbocycles. The molecule has 0 aromatic heterocycles. The zero-order valence-electron chi connectivity index (χ0n) is 12.7. The molecular formula is C16H21NO4. The fourth-order valence-electron chi connectivity index (χ4n) is 2.72. The van der Waals surface area contributed by atoms with Gasteiger partial charge in [0.25, 0.3) is 0 Å². The van der Waals surface area contributed by atoms with Gasteiger partial charge in [0, 0.05) is 11.1 Å². The van der Waals surface area contributed by atoms with Crippen molar-refractivity contribution in [1.29, 1.82) is 0 Å². The predicted octanol–water partition coefficient (Wildman–Crippen LogP) is 3.00. The molecular weight excluding hydrogens is 270 g/mol. The maximum atomic E-state index is 12.4. The maximum absolute atomic E-state index is 12.4. The Morgan fingerprint density at radius 2 is 1.86 bits per heavy atom. The normalized spacial score (nSPS) is 16.3. The lowest BCUT2D eigenvalue weighted by Crippen LogP contribution is -2.30. The average molecular weight is 291 g/mol. The van der Waals surface area contributed by atoms with E-state index in [0.29, 0.717) is 17.0 Å². The minimum atomic E-state index is -0.491. The number of carbonyl (C=O) groups is 2. The lowest BCUT2D eigenvalue weighted by Gasteiger charge is -2.22. The average Bonchev–Trinajstić information content (AvgIpc) is 2.94. The van der Waals surface area contributed by atoms with Crippen LogP contribution in [0.25, 0.3) is 0 Å². The molecule has 0 bridgehead atoms. The number of esters is 1. The van der Waals surface area contributed by atoms with Crippen LogP contribution in [0.5, 0.6) is 5.75 Å². The summed E-state index contributed by atoms with van der Waals surface area (Å²) in [7, 11) is 2.80. The zero-order valence-corrected chi connectivity index (χ0v) is 12.7. The van der Waals surface area contributed by atoms with E-state index < -0.39 is 5.97 Å². The summed E-state index contributed by atoms with van der Waals surface area (Å²) in [5.41, 5.74) is 0.564. The molecule has 0 spiro atoms. The van der Waals surface area contributed by atoms with Gasteiger partial charge >= 0.3 is 5.97 Å². The van der Waals surface area contributed by atoms with Crippen molar-refractivity contribution >= 4 is 17.6 Å². The molecule has 0 heterocycles. The van der Waals surface area contributed by atoms with E-state index in [-0.39, 0.29) is 11.3 Å². The number of carbonyl (C=O) groups excluding carboxylic acids is 2. The van der Waals surface area contributed by atoms with Crippen LogP contribution in [0, 0.1) is 5.41 Å². The van der Waals surface area contributed by atoms with Gasteiger partial charge in [0.2, 0.25) is 5.91 Å². The molecule has 114 valence electrons. The Labute approximate surface area is 124 Å². The second kappa shape index (κ2) is 6.16. The van der Waals surface area contributed by atoms with E-state index in [1.54, 1.807) is 18.2 Å². The van der Waals surface area contributed by atoms with Gasteiger partial charge < -0.3 is 14.8 Å². The van der Waals surface area contributed by atoms with Gasteiger partial charge in [0.05, 0.1) is 14.2 Å². The number of hydrogen-bond acceptors (Lipinski definition) is 4. The van der Waals surface area contributed by atoms with E-state index in [1.807, 2.05) is 6.92 Å². The lowest BCUT2D eigenvalue weighted by atomic mass is 9.88. The van der Waals surface area contributed by atoms with Gasteiger partial charge in [0.1, 0.15) is 11.3 Å². The van der Waals surface area contributed by atoms with Crippen molar-refractivity contribution in [1.82, 2.24) is 0 Å². The summed E-state index contributed by atoms with van der Waals surface area (Å²) in [4.78, 5) is 24.1. The minimum Gasteiger partial charge on any atom is -0.496 e. The first-order valence-electron chi connectivity index (χ1n) is 7.08. The van der Waals surface area contributed by atoms with Crippen molar-refractivity contribution < 1.29 is 19.1 Å². The highest BCUT2D eigenvalue weighted by atomic mass is 16.5. The van der Waals surface area contributed by atoms with Gasteiger partial charge in [0.15, 0.2) is 0 Å². The van der Waals surface area contributed by atoms with Crippen LogP contribution in [-0.2, 0) is 9.53 Å². The lowest BCUT2D eigenvalue weighted by molar-refractivity contribution is -0.124. The Balaban J connectivity index is 2.21. The monoisotopic (exact) mass is 291 g/mol. The number of amides is 1. The van der Waals surface area contributed by atoms with Crippen molar-refractivity contribution in [2.75, 3.05) is 19.5 Å². The molecule has 2 rings (SSSR count). The molecule has 0 atom stereocenters. The van der Waals surface area contributed by atoms with Gasteiger partial charge in [-0.3, -0.25) is 4.79 Å². The number of benzene rings is 1. The molecule has 5 nitrogen and oxygen atoms in total. The van der Waals surface area contributed by atoms with Crippen molar-refractivity contribution in [2.24, 2.45) is 5.41 Å². The molecule has 1 aromatic rings. The first kappa shape index (κ1) is 15.4. The van der Waals surface area contributed by atoms with E-state index >= 15 is 0 Å².